The van der Waals surface area contributed by atoms with Gasteiger partial charge in [-0.2, -0.15) is 18.3 Å². The first-order valence-corrected chi connectivity index (χ1v) is 4.39. The molecule has 4 nitrogen and oxygen atoms in total. The molecule has 2 N–H and O–H groups in total. The number of nitrogens with one attached hydrogen (secondary N) is 1. The summed E-state index contributed by atoms with van der Waals surface area (Å²) in [6, 6.07) is 0. The number of halogens is 5. The van der Waals surface area contributed by atoms with Crippen LogP contribution < -0.4 is 0 Å². The molecule has 0 atom stereocenters. The van der Waals surface area contributed by atoms with Crippen LogP contribution in [0.4, 0.5) is 22.0 Å². The van der Waals surface area contributed by atoms with E-state index in [9.17, 15) is 26.7 Å². The second-order valence-electron chi connectivity index (χ2n) is 3.15. The lowest BCUT2D eigenvalue weighted by Gasteiger charge is -2.07. The number of rotatable bonds is 4. The number of carbonyl (C=O) groups is 1. The van der Waals surface area contributed by atoms with Gasteiger partial charge in [-0.15, -0.1) is 0 Å². The van der Waals surface area contributed by atoms with Crippen molar-refractivity contribution < 1.29 is 31.9 Å². The predicted molar refractivity (Wildman–Crippen MR) is 44.9 cm³/mol. The number of H-pyrrole nitrogens is 1. The summed E-state index contributed by atoms with van der Waals surface area (Å²) in [5, 5.41) is 13.3. The fourth-order valence-electron chi connectivity index (χ4n) is 1.27. The second-order valence-corrected chi connectivity index (χ2v) is 3.15. The van der Waals surface area contributed by atoms with Crippen LogP contribution >= 0.6 is 0 Å². The first-order valence-electron chi connectivity index (χ1n) is 4.39. The standard InChI is InChI=1S/C8H7F5N2O2/c9-4(10)2-1-3-5(8(11,12)13)6(7(16)17)15-14-3/h4H,1-2H2,(H,14,15)(H,16,17). The molecule has 9 heteroatoms. The van der Waals surface area contributed by atoms with Crippen LogP contribution in [0.2, 0.25) is 0 Å². The molecule has 0 spiro atoms. The lowest BCUT2D eigenvalue weighted by Crippen LogP contribution is -2.14. The third-order valence-corrected chi connectivity index (χ3v) is 1.94. The number of carboxylic acids is 1. The minimum atomic E-state index is -4.95. The number of alkyl halides is 5. The Balaban J connectivity index is 3.10. The molecule has 0 amide bonds. The van der Waals surface area contributed by atoms with Crippen LogP contribution in [-0.2, 0) is 12.6 Å². The highest BCUT2D eigenvalue weighted by atomic mass is 19.4. The largest absolute Gasteiger partial charge is 0.477 e. The maximum atomic E-state index is 12.5. The predicted octanol–water partition coefficient (Wildman–Crippen LogP) is 2.32. The fourth-order valence-corrected chi connectivity index (χ4v) is 1.27. The average Bonchev–Trinajstić information content (AvgIpc) is 2.57. The summed E-state index contributed by atoms with van der Waals surface area (Å²) in [6.07, 6.45) is -9.18. The topological polar surface area (TPSA) is 66.0 Å². The number of aromatic nitrogens is 2. The van der Waals surface area contributed by atoms with Gasteiger partial charge in [0.05, 0.1) is 5.69 Å². The van der Waals surface area contributed by atoms with E-state index in [4.69, 9.17) is 5.11 Å². The molecule has 0 radical (unpaired) electrons. The summed E-state index contributed by atoms with van der Waals surface area (Å²) >= 11 is 0. The smallest absolute Gasteiger partial charge is 0.420 e. The lowest BCUT2D eigenvalue weighted by atomic mass is 10.1. The molecule has 0 fully saturated rings. The monoisotopic (exact) mass is 258 g/mol. The number of carboxylic acid groups (broad SMARTS) is 1. The minimum absolute atomic E-state index is 0.643. The van der Waals surface area contributed by atoms with Gasteiger partial charge in [0.2, 0.25) is 6.43 Å². The molecule has 0 aliphatic rings. The molecule has 1 rings (SSSR count). The van der Waals surface area contributed by atoms with E-state index in [1.165, 1.54) is 0 Å². The summed E-state index contributed by atoms with van der Waals surface area (Å²) in [4.78, 5) is 10.5. The molecule has 96 valence electrons. The number of aromatic amines is 1. The summed E-state index contributed by atoms with van der Waals surface area (Å²) < 4.78 is 61.3. The zero-order valence-corrected chi connectivity index (χ0v) is 8.18. The van der Waals surface area contributed by atoms with Crippen molar-refractivity contribution in [3.63, 3.8) is 0 Å². The van der Waals surface area contributed by atoms with Gasteiger partial charge in [0.25, 0.3) is 0 Å². The molecule has 1 heterocycles. The molecule has 1 aromatic rings. The van der Waals surface area contributed by atoms with E-state index in [1.54, 1.807) is 5.10 Å². The van der Waals surface area contributed by atoms with Gasteiger partial charge in [-0.1, -0.05) is 0 Å². The normalized spacial score (nSPS) is 12.1. The number of hydrogen-bond acceptors (Lipinski definition) is 2. The van der Waals surface area contributed by atoms with Crippen molar-refractivity contribution in [3.8, 4) is 0 Å². The Morgan fingerprint density at radius 2 is 2.00 bits per heavy atom. The van der Waals surface area contributed by atoms with E-state index in [0.717, 1.165) is 0 Å². The minimum Gasteiger partial charge on any atom is -0.477 e. The number of aromatic carboxylic acids is 1. The molecular formula is C8H7F5N2O2. The van der Waals surface area contributed by atoms with E-state index in [1.807, 2.05) is 0 Å². The molecule has 0 saturated heterocycles. The number of aryl methyl sites for hydroxylation is 1. The molecular weight excluding hydrogens is 251 g/mol. The van der Waals surface area contributed by atoms with Crippen molar-refractivity contribution in [1.82, 2.24) is 10.2 Å². The Morgan fingerprint density at radius 1 is 1.41 bits per heavy atom. The van der Waals surface area contributed by atoms with E-state index in [0.29, 0.717) is 0 Å². The van der Waals surface area contributed by atoms with Crippen molar-refractivity contribution in [1.29, 1.82) is 0 Å². The third kappa shape index (κ3) is 3.14. The van der Waals surface area contributed by atoms with Gasteiger partial charge in [-0.25, -0.2) is 13.6 Å². The highest BCUT2D eigenvalue weighted by molar-refractivity contribution is 5.87. The Bertz CT molecular complexity index is 413. The van der Waals surface area contributed by atoms with E-state index in [-0.39, 0.29) is 0 Å². The van der Waals surface area contributed by atoms with Gasteiger partial charge < -0.3 is 5.11 Å². The zero-order chi connectivity index (χ0) is 13.2. The molecule has 0 bridgehead atoms. The number of hydrogen-bond donors (Lipinski definition) is 2. The van der Waals surface area contributed by atoms with Crippen molar-refractivity contribution in [2.75, 3.05) is 0 Å². The van der Waals surface area contributed by atoms with Crippen LogP contribution in [0.1, 0.15) is 28.2 Å². The van der Waals surface area contributed by atoms with Crippen LogP contribution in [0.3, 0.4) is 0 Å². The van der Waals surface area contributed by atoms with Gasteiger partial charge in [0, 0.05) is 6.42 Å². The summed E-state index contributed by atoms with van der Waals surface area (Å²) in [5.41, 5.74) is -3.34. The summed E-state index contributed by atoms with van der Waals surface area (Å²) in [5.74, 6) is -1.84. The Hall–Kier alpha value is -1.67. The van der Waals surface area contributed by atoms with Crippen LogP contribution in [0, 0.1) is 0 Å². The SMILES string of the molecule is O=C(O)c1[nH]nc(CCC(F)F)c1C(F)(F)F. The van der Waals surface area contributed by atoms with Gasteiger partial charge in [-0.3, -0.25) is 5.10 Å². The van der Waals surface area contributed by atoms with Crippen molar-refractivity contribution in [2.24, 2.45) is 0 Å². The molecule has 17 heavy (non-hydrogen) atoms. The van der Waals surface area contributed by atoms with E-state index in [2.05, 4.69) is 5.10 Å². The molecule has 0 aliphatic carbocycles. The van der Waals surface area contributed by atoms with E-state index < -0.39 is 48.4 Å². The maximum Gasteiger partial charge on any atom is 0.420 e. The Morgan fingerprint density at radius 3 is 2.41 bits per heavy atom. The summed E-state index contributed by atoms with van der Waals surface area (Å²) in [7, 11) is 0. The summed E-state index contributed by atoms with van der Waals surface area (Å²) in [6.45, 7) is 0. The third-order valence-electron chi connectivity index (χ3n) is 1.94. The molecule has 0 saturated carbocycles. The fraction of sp³-hybridized carbons (Fsp3) is 0.500. The first-order chi connectivity index (χ1) is 7.73. The van der Waals surface area contributed by atoms with Crippen LogP contribution in [-0.4, -0.2) is 27.7 Å². The second kappa shape index (κ2) is 4.68. The van der Waals surface area contributed by atoms with Crippen molar-refractivity contribution in [3.05, 3.63) is 17.0 Å². The highest BCUT2D eigenvalue weighted by Crippen LogP contribution is 2.34. The molecule has 0 aliphatic heterocycles. The Kier molecular flexibility index (Phi) is 3.69. The molecule has 0 aromatic carbocycles. The number of nitrogens with zero attached hydrogens (tertiary/aromatic N) is 1. The van der Waals surface area contributed by atoms with Crippen LogP contribution in [0.15, 0.2) is 0 Å². The zero-order valence-electron chi connectivity index (χ0n) is 8.18. The van der Waals surface area contributed by atoms with Crippen LogP contribution in [0.25, 0.3) is 0 Å². The quantitative estimate of drug-likeness (QED) is 0.814. The average molecular weight is 258 g/mol. The van der Waals surface area contributed by atoms with Gasteiger partial charge in [0.1, 0.15) is 5.56 Å². The first kappa shape index (κ1) is 13.4. The van der Waals surface area contributed by atoms with E-state index >= 15 is 0 Å². The molecule has 0 unspecified atom stereocenters. The van der Waals surface area contributed by atoms with Gasteiger partial charge >= 0.3 is 12.1 Å². The lowest BCUT2D eigenvalue weighted by molar-refractivity contribution is -0.138. The Labute approximate surface area is 91.4 Å². The van der Waals surface area contributed by atoms with Gasteiger partial charge in [0.15, 0.2) is 5.69 Å². The van der Waals surface area contributed by atoms with Crippen molar-refractivity contribution >= 4 is 5.97 Å². The van der Waals surface area contributed by atoms with Gasteiger partial charge in [-0.05, 0) is 6.42 Å². The molecule has 1 aromatic heterocycles. The highest BCUT2D eigenvalue weighted by Gasteiger charge is 2.40. The van der Waals surface area contributed by atoms with Crippen molar-refractivity contribution in [2.45, 2.75) is 25.4 Å². The van der Waals surface area contributed by atoms with Crippen LogP contribution in [0.5, 0.6) is 0 Å². The maximum absolute atomic E-state index is 12.5.